The highest BCUT2D eigenvalue weighted by atomic mass is 79.9. The second kappa shape index (κ2) is 8.77. The number of aromatic amines is 1. The van der Waals surface area contributed by atoms with Crippen molar-refractivity contribution in [2.24, 2.45) is 0 Å². The van der Waals surface area contributed by atoms with Crippen molar-refractivity contribution in [1.29, 1.82) is 5.26 Å². The van der Waals surface area contributed by atoms with Crippen molar-refractivity contribution in [3.8, 4) is 23.3 Å². The van der Waals surface area contributed by atoms with Crippen LogP contribution < -0.4 is 19.5 Å². The number of nitrogens with zero attached hydrogens (tertiary/aromatic N) is 2. The Bertz CT molecular complexity index is 848. The van der Waals surface area contributed by atoms with Gasteiger partial charge in [-0.05, 0) is 39.5 Å². The van der Waals surface area contributed by atoms with E-state index in [-0.39, 0.29) is 11.6 Å². The van der Waals surface area contributed by atoms with E-state index in [1.54, 1.807) is 12.1 Å². The normalized spacial score (nSPS) is 11.6. The minimum Gasteiger partial charge on any atom is -0.493 e. The molecular formula is C18H21BrN4O4. The molecule has 0 bridgehead atoms. The highest BCUT2D eigenvalue weighted by Crippen LogP contribution is 2.39. The number of aromatic nitrogens is 2. The molecule has 2 aromatic rings. The van der Waals surface area contributed by atoms with Crippen molar-refractivity contribution in [1.82, 2.24) is 15.5 Å². The second-order valence-electron chi connectivity index (χ2n) is 5.95. The molecule has 0 radical (unpaired) electrons. The fourth-order valence-electron chi connectivity index (χ4n) is 2.53. The molecule has 0 saturated carbocycles. The molecule has 2 N–H and O–H groups in total. The molecule has 1 unspecified atom stereocenters. The van der Waals surface area contributed by atoms with Gasteiger partial charge in [-0.15, -0.1) is 0 Å². The maximum Gasteiger partial charge on any atom is 0.274 e. The predicted molar refractivity (Wildman–Crippen MR) is 102 cm³/mol. The zero-order valence-corrected chi connectivity index (χ0v) is 17.3. The lowest BCUT2D eigenvalue weighted by Crippen LogP contribution is -2.28. The van der Waals surface area contributed by atoms with E-state index in [0.29, 0.717) is 27.3 Å². The first-order valence-electron chi connectivity index (χ1n) is 8.12. The molecule has 0 saturated heterocycles. The van der Waals surface area contributed by atoms with Crippen LogP contribution in [0.1, 0.15) is 47.6 Å². The lowest BCUT2D eigenvalue weighted by Gasteiger charge is -2.17. The standard InChI is InChI=1S/C18H21BrN4O4/c1-9(2)15-14(19)16(23-22-15)18(24)21-11(8-20)10-6-12(25-3)17(27-5)13(7-10)26-4/h6-7,9,11H,1-5H3,(H,21,24)(H,22,23). The summed E-state index contributed by atoms with van der Waals surface area (Å²) in [6.45, 7) is 3.96. The molecule has 0 spiro atoms. The molecule has 0 fully saturated rings. The first-order chi connectivity index (χ1) is 12.9. The summed E-state index contributed by atoms with van der Waals surface area (Å²) in [6, 6.07) is 4.38. The summed E-state index contributed by atoms with van der Waals surface area (Å²) in [5, 5.41) is 19.1. The van der Waals surface area contributed by atoms with Crippen molar-refractivity contribution in [2.75, 3.05) is 21.3 Å². The van der Waals surface area contributed by atoms with Crippen molar-refractivity contribution in [3.05, 3.63) is 33.6 Å². The van der Waals surface area contributed by atoms with E-state index < -0.39 is 11.9 Å². The zero-order chi connectivity index (χ0) is 20.1. The van der Waals surface area contributed by atoms with Gasteiger partial charge in [-0.2, -0.15) is 10.4 Å². The second-order valence-corrected chi connectivity index (χ2v) is 6.74. The van der Waals surface area contributed by atoms with Crippen molar-refractivity contribution in [3.63, 3.8) is 0 Å². The number of nitrogens with one attached hydrogen (secondary N) is 2. The average molecular weight is 437 g/mol. The minimum absolute atomic E-state index is 0.162. The number of methoxy groups -OCH3 is 3. The van der Waals surface area contributed by atoms with E-state index in [9.17, 15) is 10.1 Å². The van der Waals surface area contributed by atoms with Gasteiger partial charge in [0, 0.05) is 0 Å². The number of carbonyl (C=O) groups excluding carboxylic acids is 1. The van der Waals surface area contributed by atoms with Gasteiger partial charge in [-0.25, -0.2) is 0 Å². The number of benzene rings is 1. The molecule has 1 amide bonds. The van der Waals surface area contributed by atoms with Crippen molar-refractivity contribution < 1.29 is 19.0 Å². The number of carbonyl (C=O) groups is 1. The van der Waals surface area contributed by atoms with E-state index in [2.05, 4.69) is 37.5 Å². The molecule has 1 heterocycles. The van der Waals surface area contributed by atoms with Gasteiger partial charge in [0.15, 0.2) is 17.2 Å². The van der Waals surface area contributed by atoms with Gasteiger partial charge in [-0.3, -0.25) is 9.89 Å². The van der Waals surface area contributed by atoms with Crippen molar-refractivity contribution in [2.45, 2.75) is 25.8 Å². The number of hydrogen-bond acceptors (Lipinski definition) is 6. The number of ether oxygens (including phenoxy) is 3. The highest BCUT2D eigenvalue weighted by molar-refractivity contribution is 9.10. The van der Waals surface area contributed by atoms with Crippen LogP contribution in [0.3, 0.4) is 0 Å². The molecule has 1 aromatic heterocycles. The van der Waals surface area contributed by atoms with Crippen LogP contribution in [0, 0.1) is 11.3 Å². The van der Waals surface area contributed by atoms with Crippen LogP contribution in [-0.2, 0) is 0 Å². The molecule has 1 aromatic carbocycles. The maximum absolute atomic E-state index is 12.6. The van der Waals surface area contributed by atoms with E-state index >= 15 is 0 Å². The largest absolute Gasteiger partial charge is 0.493 e. The Labute approximate surface area is 165 Å². The first kappa shape index (κ1) is 20.6. The number of amides is 1. The van der Waals surface area contributed by atoms with E-state index in [4.69, 9.17) is 14.2 Å². The molecule has 0 aliphatic rings. The topological polar surface area (TPSA) is 109 Å². The third-order valence-electron chi connectivity index (χ3n) is 3.95. The maximum atomic E-state index is 12.6. The van der Waals surface area contributed by atoms with Crippen LogP contribution in [0.5, 0.6) is 17.2 Å². The van der Waals surface area contributed by atoms with Gasteiger partial charge in [0.2, 0.25) is 5.75 Å². The summed E-state index contributed by atoms with van der Waals surface area (Å²) >= 11 is 3.39. The number of rotatable bonds is 7. The average Bonchev–Trinajstić information content (AvgIpc) is 3.06. The lowest BCUT2D eigenvalue weighted by molar-refractivity contribution is 0.0939. The van der Waals surface area contributed by atoms with E-state index in [1.807, 2.05) is 13.8 Å². The van der Waals surface area contributed by atoms with Crippen molar-refractivity contribution >= 4 is 21.8 Å². The zero-order valence-electron chi connectivity index (χ0n) is 15.7. The summed E-state index contributed by atoms with van der Waals surface area (Å²) in [5.74, 6) is 0.873. The molecule has 9 heteroatoms. The molecule has 8 nitrogen and oxygen atoms in total. The number of halogens is 1. The van der Waals surface area contributed by atoms with Crippen LogP contribution in [0.25, 0.3) is 0 Å². The Balaban J connectivity index is 2.35. The van der Waals surface area contributed by atoms with Gasteiger partial charge < -0.3 is 19.5 Å². The van der Waals surface area contributed by atoms with Crippen LogP contribution >= 0.6 is 15.9 Å². The van der Waals surface area contributed by atoms with Crippen LogP contribution in [0.4, 0.5) is 0 Å². The quantitative estimate of drug-likeness (QED) is 0.688. The smallest absolute Gasteiger partial charge is 0.274 e. The molecule has 0 aliphatic carbocycles. The summed E-state index contributed by atoms with van der Waals surface area (Å²) < 4.78 is 16.5. The first-order valence-corrected chi connectivity index (χ1v) is 8.91. The summed E-state index contributed by atoms with van der Waals surface area (Å²) in [7, 11) is 4.45. The fourth-order valence-corrected chi connectivity index (χ4v) is 3.35. The Hall–Kier alpha value is -2.73. The molecule has 1 atom stereocenters. The lowest BCUT2D eigenvalue weighted by atomic mass is 10.1. The third kappa shape index (κ3) is 4.17. The highest BCUT2D eigenvalue weighted by Gasteiger charge is 2.24. The number of H-pyrrole nitrogens is 1. The number of nitriles is 1. The van der Waals surface area contributed by atoms with Gasteiger partial charge >= 0.3 is 0 Å². The SMILES string of the molecule is COc1cc(C(C#N)NC(=O)c2n[nH]c(C(C)C)c2Br)cc(OC)c1OC. The molecular weight excluding hydrogens is 416 g/mol. The summed E-state index contributed by atoms with van der Waals surface area (Å²) in [5.41, 5.74) is 1.49. The van der Waals surface area contributed by atoms with E-state index in [1.165, 1.54) is 21.3 Å². The Morgan fingerprint density at radius 2 is 1.81 bits per heavy atom. The van der Waals surface area contributed by atoms with Gasteiger partial charge in [0.1, 0.15) is 6.04 Å². The van der Waals surface area contributed by atoms with Gasteiger partial charge in [0.05, 0.1) is 37.6 Å². The Morgan fingerprint density at radius 3 is 2.22 bits per heavy atom. The van der Waals surface area contributed by atoms with Crippen LogP contribution in [0.2, 0.25) is 0 Å². The third-order valence-corrected chi connectivity index (χ3v) is 4.75. The van der Waals surface area contributed by atoms with Crippen LogP contribution in [-0.4, -0.2) is 37.4 Å². The fraction of sp³-hybridized carbons (Fsp3) is 0.389. The van der Waals surface area contributed by atoms with Crippen LogP contribution in [0.15, 0.2) is 16.6 Å². The van der Waals surface area contributed by atoms with Gasteiger partial charge in [-0.1, -0.05) is 13.8 Å². The summed E-state index contributed by atoms with van der Waals surface area (Å²) in [6.07, 6.45) is 0. The van der Waals surface area contributed by atoms with Gasteiger partial charge in [0.25, 0.3) is 5.91 Å². The number of hydrogen-bond donors (Lipinski definition) is 2. The molecule has 0 aliphatic heterocycles. The monoisotopic (exact) mass is 436 g/mol. The molecule has 2 rings (SSSR count). The van der Waals surface area contributed by atoms with E-state index in [0.717, 1.165) is 5.69 Å². The Kier molecular flexibility index (Phi) is 6.69. The molecule has 144 valence electrons. The molecule has 27 heavy (non-hydrogen) atoms. The predicted octanol–water partition coefficient (Wildman–Crippen LogP) is 3.32. The Morgan fingerprint density at radius 1 is 1.22 bits per heavy atom. The summed E-state index contributed by atoms with van der Waals surface area (Å²) in [4.78, 5) is 12.6. The minimum atomic E-state index is -0.933.